The fourth-order valence-corrected chi connectivity index (χ4v) is 2.00. The summed E-state index contributed by atoms with van der Waals surface area (Å²) in [5.41, 5.74) is 0.647. The zero-order chi connectivity index (χ0) is 12.3. The quantitative estimate of drug-likeness (QED) is 0.761. The normalized spacial score (nSPS) is 10.6. The second-order valence-corrected chi connectivity index (χ2v) is 5.78. The predicted octanol–water partition coefficient (Wildman–Crippen LogP) is 3.67. The van der Waals surface area contributed by atoms with Crippen molar-refractivity contribution in [2.45, 2.75) is 13.8 Å². The molecule has 1 aromatic carbocycles. The molecule has 0 aliphatic rings. The number of nitrogens with zero attached hydrogens (tertiary/aromatic N) is 1. The van der Waals surface area contributed by atoms with Gasteiger partial charge in [-0.25, -0.2) is 0 Å². The standard InChI is InChI=1S/C12H15ClINO/c1-8(2)7-15(3)12(16)9-4-5-11(14)10(13)6-9/h4-6,8H,7H2,1-3H3. The molecule has 0 aromatic heterocycles. The molecule has 0 bridgehead atoms. The van der Waals surface area contributed by atoms with Gasteiger partial charge in [0, 0.05) is 22.7 Å². The Morgan fingerprint density at radius 2 is 2.12 bits per heavy atom. The van der Waals surface area contributed by atoms with Crippen molar-refractivity contribution in [3.05, 3.63) is 32.4 Å². The molecule has 88 valence electrons. The van der Waals surface area contributed by atoms with Crippen molar-refractivity contribution in [3.63, 3.8) is 0 Å². The van der Waals surface area contributed by atoms with Gasteiger partial charge in [-0.3, -0.25) is 4.79 Å². The molecule has 0 radical (unpaired) electrons. The molecule has 0 saturated heterocycles. The number of benzene rings is 1. The van der Waals surface area contributed by atoms with Crippen LogP contribution >= 0.6 is 34.2 Å². The lowest BCUT2D eigenvalue weighted by Gasteiger charge is -2.19. The van der Waals surface area contributed by atoms with Crippen molar-refractivity contribution in [3.8, 4) is 0 Å². The molecule has 0 N–H and O–H groups in total. The van der Waals surface area contributed by atoms with E-state index >= 15 is 0 Å². The summed E-state index contributed by atoms with van der Waals surface area (Å²) in [6, 6.07) is 5.40. The Morgan fingerprint density at radius 1 is 1.50 bits per heavy atom. The fourth-order valence-electron chi connectivity index (χ4n) is 1.48. The molecule has 2 nitrogen and oxygen atoms in total. The second kappa shape index (κ2) is 5.87. The van der Waals surface area contributed by atoms with Gasteiger partial charge >= 0.3 is 0 Å². The van der Waals surface area contributed by atoms with Crippen molar-refractivity contribution < 1.29 is 4.79 Å². The summed E-state index contributed by atoms with van der Waals surface area (Å²) in [5.74, 6) is 0.486. The first-order valence-corrected chi connectivity index (χ1v) is 6.58. The third kappa shape index (κ3) is 3.63. The van der Waals surface area contributed by atoms with E-state index in [1.165, 1.54) is 0 Å². The van der Waals surface area contributed by atoms with Crippen LogP contribution in [0.1, 0.15) is 24.2 Å². The first kappa shape index (κ1) is 13.8. The van der Waals surface area contributed by atoms with Crippen LogP contribution in [-0.2, 0) is 0 Å². The largest absolute Gasteiger partial charge is 0.341 e. The lowest BCUT2D eigenvalue weighted by Crippen LogP contribution is -2.30. The van der Waals surface area contributed by atoms with Crippen LogP contribution < -0.4 is 0 Å². The minimum Gasteiger partial charge on any atom is -0.341 e. The fraction of sp³-hybridized carbons (Fsp3) is 0.417. The molecule has 1 amide bonds. The summed E-state index contributed by atoms with van der Waals surface area (Å²) >= 11 is 8.13. The average molecular weight is 352 g/mol. The molecule has 0 spiro atoms. The van der Waals surface area contributed by atoms with Crippen LogP contribution in [0.15, 0.2) is 18.2 Å². The number of carbonyl (C=O) groups excluding carboxylic acids is 1. The zero-order valence-electron chi connectivity index (χ0n) is 9.63. The Hall–Kier alpha value is -0.290. The number of hydrogen-bond donors (Lipinski definition) is 0. The van der Waals surface area contributed by atoms with Crippen molar-refractivity contribution in [1.29, 1.82) is 0 Å². The third-order valence-electron chi connectivity index (χ3n) is 2.15. The predicted molar refractivity (Wildman–Crippen MR) is 76.0 cm³/mol. The van der Waals surface area contributed by atoms with E-state index in [0.29, 0.717) is 16.5 Å². The highest BCUT2D eigenvalue weighted by atomic mass is 127. The van der Waals surface area contributed by atoms with Crippen molar-refractivity contribution in [2.75, 3.05) is 13.6 Å². The van der Waals surface area contributed by atoms with Gasteiger partial charge in [0.15, 0.2) is 0 Å². The van der Waals surface area contributed by atoms with E-state index in [1.54, 1.807) is 11.0 Å². The number of rotatable bonds is 3. The molecule has 0 fully saturated rings. The van der Waals surface area contributed by atoms with Crippen LogP contribution in [0.4, 0.5) is 0 Å². The van der Waals surface area contributed by atoms with Crippen LogP contribution in [0.3, 0.4) is 0 Å². The minimum absolute atomic E-state index is 0.0204. The van der Waals surface area contributed by atoms with Gasteiger partial charge < -0.3 is 4.90 Å². The lowest BCUT2D eigenvalue weighted by molar-refractivity contribution is 0.0779. The van der Waals surface area contributed by atoms with E-state index < -0.39 is 0 Å². The van der Waals surface area contributed by atoms with Crippen LogP contribution in [0, 0.1) is 9.49 Å². The Balaban J connectivity index is 2.84. The van der Waals surface area contributed by atoms with Gasteiger partial charge in [-0.2, -0.15) is 0 Å². The first-order chi connectivity index (χ1) is 7.41. The molecule has 0 heterocycles. The lowest BCUT2D eigenvalue weighted by atomic mass is 10.1. The van der Waals surface area contributed by atoms with Gasteiger partial charge in [0.25, 0.3) is 5.91 Å². The number of hydrogen-bond acceptors (Lipinski definition) is 1. The van der Waals surface area contributed by atoms with E-state index in [1.807, 2.05) is 19.2 Å². The summed E-state index contributed by atoms with van der Waals surface area (Å²) in [6.07, 6.45) is 0. The van der Waals surface area contributed by atoms with Gasteiger partial charge in [-0.1, -0.05) is 25.4 Å². The maximum atomic E-state index is 12.0. The maximum absolute atomic E-state index is 12.0. The summed E-state index contributed by atoms with van der Waals surface area (Å²) in [5, 5.41) is 0.629. The smallest absolute Gasteiger partial charge is 0.253 e. The second-order valence-electron chi connectivity index (χ2n) is 4.21. The van der Waals surface area contributed by atoms with Crippen LogP contribution in [0.2, 0.25) is 5.02 Å². The van der Waals surface area contributed by atoms with Crippen molar-refractivity contribution in [2.24, 2.45) is 5.92 Å². The van der Waals surface area contributed by atoms with Gasteiger partial charge in [-0.15, -0.1) is 0 Å². The highest BCUT2D eigenvalue weighted by molar-refractivity contribution is 14.1. The van der Waals surface area contributed by atoms with Crippen LogP contribution in [-0.4, -0.2) is 24.4 Å². The average Bonchev–Trinajstić information content (AvgIpc) is 2.20. The molecule has 0 unspecified atom stereocenters. The SMILES string of the molecule is CC(C)CN(C)C(=O)c1ccc(I)c(Cl)c1. The Labute approximate surface area is 115 Å². The molecule has 0 atom stereocenters. The monoisotopic (exact) mass is 351 g/mol. The van der Waals surface area contributed by atoms with Crippen molar-refractivity contribution >= 4 is 40.1 Å². The van der Waals surface area contributed by atoms with E-state index in [-0.39, 0.29) is 5.91 Å². The van der Waals surface area contributed by atoms with Crippen LogP contribution in [0.25, 0.3) is 0 Å². The van der Waals surface area contributed by atoms with Gasteiger partial charge in [0.1, 0.15) is 0 Å². The topological polar surface area (TPSA) is 20.3 Å². The molecule has 0 aliphatic heterocycles. The molecule has 1 aromatic rings. The molecule has 1 rings (SSSR count). The zero-order valence-corrected chi connectivity index (χ0v) is 12.5. The van der Waals surface area contributed by atoms with E-state index in [9.17, 15) is 4.79 Å². The summed E-state index contributed by atoms with van der Waals surface area (Å²) in [4.78, 5) is 13.7. The molecule has 4 heteroatoms. The molecule has 0 saturated carbocycles. The van der Waals surface area contributed by atoms with E-state index in [2.05, 4.69) is 36.4 Å². The minimum atomic E-state index is 0.0204. The van der Waals surface area contributed by atoms with Gasteiger partial charge in [0.2, 0.25) is 0 Å². The van der Waals surface area contributed by atoms with Gasteiger partial charge in [0.05, 0.1) is 5.02 Å². The number of amides is 1. The summed E-state index contributed by atoms with van der Waals surface area (Å²) < 4.78 is 0.960. The Morgan fingerprint density at radius 3 is 2.62 bits per heavy atom. The highest BCUT2D eigenvalue weighted by Crippen LogP contribution is 2.20. The first-order valence-electron chi connectivity index (χ1n) is 5.12. The molecule has 0 aliphatic carbocycles. The summed E-state index contributed by atoms with van der Waals surface area (Å²) in [6.45, 7) is 4.93. The number of halogens is 2. The van der Waals surface area contributed by atoms with E-state index in [0.717, 1.165) is 10.1 Å². The molecular formula is C12H15ClINO. The molecule has 16 heavy (non-hydrogen) atoms. The Bertz CT molecular complexity index is 393. The Kier molecular flexibility index (Phi) is 5.05. The maximum Gasteiger partial charge on any atom is 0.253 e. The van der Waals surface area contributed by atoms with Crippen LogP contribution in [0.5, 0.6) is 0 Å². The third-order valence-corrected chi connectivity index (χ3v) is 3.72. The summed E-state index contributed by atoms with van der Waals surface area (Å²) in [7, 11) is 1.81. The number of carbonyl (C=O) groups is 1. The highest BCUT2D eigenvalue weighted by Gasteiger charge is 2.13. The molecular weight excluding hydrogens is 336 g/mol. The van der Waals surface area contributed by atoms with Crippen molar-refractivity contribution in [1.82, 2.24) is 4.90 Å². The van der Waals surface area contributed by atoms with Gasteiger partial charge in [-0.05, 0) is 46.7 Å². The van der Waals surface area contributed by atoms with E-state index in [4.69, 9.17) is 11.6 Å².